The molecular formula is C13H12BrN3O. The number of aromatic nitrogens is 1. The molecule has 0 atom stereocenters. The number of nitrogens with two attached hydrogens (primary N) is 2. The summed E-state index contributed by atoms with van der Waals surface area (Å²) in [4.78, 5) is 16.3. The molecule has 92 valence electrons. The van der Waals surface area contributed by atoms with Gasteiger partial charge in [0.25, 0.3) is 0 Å². The SMILES string of the molecule is Cc1ccnc(N)c1C(=O)c1ccc(N)c(Br)c1. The average molecular weight is 306 g/mol. The van der Waals surface area contributed by atoms with Gasteiger partial charge < -0.3 is 11.5 Å². The smallest absolute Gasteiger partial charge is 0.197 e. The predicted molar refractivity (Wildman–Crippen MR) is 75.4 cm³/mol. The standard InChI is InChI=1S/C13H12BrN3O/c1-7-4-5-17-13(16)11(7)12(18)8-2-3-10(15)9(14)6-8/h2-6H,15H2,1H3,(H2,16,17). The van der Waals surface area contributed by atoms with E-state index in [2.05, 4.69) is 20.9 Å². The Bertz CT molecular complexity index is 605. The van der Waals surface area contributed by atoms with E-state index in [0.717, 1.165) is 5.56 Å². The zero-order chi connectivity index (χ0) is 13.3. The van der Waals surface area contributed by atoms with Gasteiger partial charge in [0.15, 0.2) is 5.78 Å². The van der Waals surface area contributed by atoms with Crippen LogP contribution in [0.25, 0.3) is 0 Å². The van der Waals surface area contributed by atoms with E-state index >= 15 is 0 Å². The first-order valence-electron chi connectivity index (χ1n) is 5.31. The molecule has 1 aromatic heterocycles. The maximum atomic E-state index is 12.4. The quantitative estimate of drug-likeness (QED) is 0.660. The normalized spacial score (nSPS) is 10.3. The van der Waals surface area contributed by atoms with Gasteiger partial charge in [0.1, 0.15) is 5.82 Å². The van der Waals surface area contributed by atoms with Crippen LogP contribution in [0.4, 0.5) is 11.5 Å². The molecule has 0 bridgehead atoms. The Hall–Kier alpha value is -1.88. The van der Waals surface area contributed by atoms with E-state index in [0.29, 0.717) is 21.3 Å². The van der Waals surface area contributed by atoms with Crippen LogP contribution in [-0.2, 0) is 0 Å². The van der Waals surface area contributed by atoms with Crippen molar-refractivity contribution < 1.29 is 4.79 Å². The van der Waals surface area contributed by atoms with Gasteiger partial charge in [-0.3, -0.25) is 4.79 Å². The molecule has 1 aromatic carbocycles. The van der Waals surface area contributed by atoms with E-state index in [-0.39, 0.29) is 11.6 Å². The molecule has 0 radical (unpaired) electrons. The van der Waals surface area contributed by atoms with Crippen molar-refractivity contribution in [2.75, 3.05) is 11.5 Å². The van der Waals surface area contributed by atoms with Crippen LogP contribution in [0.15, 0.2) is 34.9 Å². The molecule has 4 N–H and O–H groups in total. The highest BCUT2D eigenvalue weighted by Gasteiger charge is 2.16. The molecule has 2 rings (SSSR count). The molecule has 5 heteroatoms. The molecule has 1 heterocycles. The van der Waals surface area contributed by atoms with Crippen molar-refractivity contribution in [2.24, 2.45) is 0 Å². The van der Waals surface area contributed by atoms with Crippen molar-refractivity contribution in [3.05, 3.63) is 51.6 Å². The van der Waals surface area contributed by atoms with Crippen LogP contribution >= 0.6 is 15.9 Å². The lowest BCUT2D eigenvalue weighted by Gasteiger charge is -2.08. The van der Waals surface area contributed by atoms with E-state index < -0.39 is 0 Å². The number of pyridine rings is 1. The van der Waals surface area contributed by atoms with E-state index in [1.165, 1.54) is 0 Å². The zero-order valence-corrected chi connectivity index (χ0v) is 11.4. The van der Waals surface area contributed by atoms with Crippen molar-refractivity contribution in [1.29, 1.82) is 0 Å². The van der Waals surface area contributed by atoms with Crippen LogP contribution in [0.5, 0.6) is 0 Å². The molecule has 0 aliphatic rings. The van der Waals surface area contributed by atoms with Crippen molar-refractivity contribution >= 4 is 33.2 Å². The van der Waals surface area contributed by atoms with Crippen molar-refractivity contribution in [2.45, 2.75) is 6.92 Å². The van der Waals surface area contributed by atoms with Gasteiger partial charge in [-0.1, -0.05) is 0 Å². The van der Waals surface area contributed by atoms with Gasteiger partial charge >= 0.3 is 0 Å². The average Bonchev–Trinajstić information content (AvgIpc) is 2.32. The maximum Gasteiger partial charge on any atom is 0.197 e. The van der Waals surface area contributed by atoms with Crippen LogP contribution in [-0.4, -0.2) is 10.8 Å². The van der Waals surface area contributed by atoms with Crippen LogP contribution in [0.2, 0.25) is 0 Å². The summed E-state index contributed by atoms with van der Waals surface area (Å²) in [5.41, 5.74) is 13.8. The van der Waals surface area contributed by atoms with Gasteiger partial charge in [0.2, 0.25) is 0 Å². The largest absolute Gasteiger partial charge is 0.398 e. The molecule has 0 saturated heterocycles. The van der Waals surface area contributed by atoms with Gasteiger partial charge in [-0.2, -0.15) is 0 Å². The molecule has 0 aliphatic heterocycles. The van der Waals surface area contributed by atoms with Crippen LogP contribution < -0.4 is 11.5 Å². The Balaban J connectivity index is 2.51. The second kappa shape index (κ2) is 4.78. The van der Waals surface area contributed by atoms with Crippen LogP contribution in [0.3, 0.4) is 0 Å². The Kier molecular flexibility index (Phi) is 3.34. The molecule has 0 saturated carbocycles. The summed E-state index contributed by atoms with van der Waals surface area (Å²) >= 11 is 3.30. The molecule has 4 nitrogen and oxygen atoms in total. The minimum absolute atomic E-state index is 0.154. The first-order chi connectivity index (χ1) is 8.50. The Labute approximate surface area is 113 Å². The number of nitrogen functional groups attached to an aromatic ring is 2. The van der Waals surface area contributed by atoms with Gasteiger partial charge in [-0.15, -0.1) is 0 Å². The number of ketones is 1. The van der Waals surface area contributed by atoms with Gasteiger partial charge in [-0.25, -0.2) is 4.98 Å². The van der Waals surface area contributed by atoms with E-state index in [1.54, 1.807) is 30.5 Å². The third-order valence-corrected chi connectivity index (χ3v) is 3.37. The van der Waals surface area contributed by atoms with Crippen molar-refractivity contribution in [3.8, 4) is 0 Å². The molecule has 18 heavy (non-hydrogen) atoms. The second-order valence-electron chi connectivity index (χ2n) is 3.95. The Morgan fingerprint density at radius 1 is 1.28 bits per heavy atom. The number of anilines is 2. The number of rotatable bonds is 2. The van der Waals surface area contributed by atoms with E-state index in [1.807, 2.05) is 6.92 Å². The lowest BCUT2D eigenvalue weighted by Crippen LogP contribution is -2.09. The number of halogens is 1. The van der Waals surface area contributed by atoms with Gasteiger partial charge in [0.05, 0.1) is 5.56 Å². The Morgan fingerprint density at radius 2 is 2.00 bits per heavy atom. The van der Waals surface area contributed by atoms with Crippen molar-refractivity contribution in [3.63, 3.8) is 0 Å². The third kappa shape index (κ3) is 2.22. The summed E-state index contributed by atoms with van der Waals surface area (Å²) < 4.78 is 0.688. The molecule has 0 aliphatic carbocycles. The lowest BCUT2D eigenvalue weighted by atomic mass is 10.00. The fourth-order valence-corrected chi connectivity index (χ4v) is 2.07. The van der Waals surface area contributed by atoms with Crippen LogP contribution in [0.1, 0.15) is 21.5 Å². The number of hydrogen-bond donors (Lipinski definition) is 2. The Morgan fingerprint density at radius 3 is 2.61 bits per heavy atom. The molecule has 0 unspecified atom stereocenters. The summed E-state index contributed by atoms with van der Waals surface area (Å²) in [6.45, 7) is 1.83. The van der Waals surface area contributed by atoms with E-state index in [4.69, 9.17) is 11.5 Å². The highest BCUT2D eigenvalue weighted by molar-refractivity contribution is 9.10. The summed E-state index contributed by atoms with van der Waals surface area (Å²) in [7, 11) is 0. The highest BCUT2D eigenvalue weighted by Crippen LogP contribution is 2.24. The zero-order valence-electron chi connectivity index (χ0n) is 9.77. The topological polar surface area (TPSA) is 82.0 Å². The highest BCUT2D eigenvalue weighted by atomic mass is 79.9. The minimum atomic E-state index is -0.154. The molecule has 2 aromatic rings. The second-order valence-corrected chi connectivity index (χ2v) is 4.81. The fourth-order valence-electron chi connectivity index (χ4n) is 1.69. The summed E-state index contributed by atoms with van der Waals surface area (Å²) in [6.07, 6.45) is 1.58. The predicted octanol–water partition coefficient (Wildman–Crippen LogP) is 2.55. The van der Waals surface area contributed by atoms with Crippen LogP contribution in [0, 0.1) is 6.92 Å². The van der Waals surface area contributed by atoms with Crippen molar-refractivity contribution in [1.82, 2.24) is 4.98 Å². The number of carbonyl (C=O) groups excluding carboxylic acids is 1. The summed E-state index contributed by atoms with van der Waals surface area (Å²) in [5, 5.41) is 0. The molecule has 0 spiro atoms. The van der Waals surface area contributed by atoms with Gasteiger partial charge in [0, 0.05) is 21.9 Å². The summed E-state index contributed by atoms with van der Waals surface area (Å²) in [5.74, 6) is 0.0896. The number of carbonyl (C=O) groups is 1. The minimum Gasteiger partial charge on any atom is -0.398 e. The fraction of sp³-hybridized carbons (Fsp3) is 0.0769. The number of benzene rings is 1. The first kappa shape index (κ1) is 12.6. The molecular weight excluding hydrogens is 294 g/mol. The summed E-state index contributed by atoms with van der Waals surface area (Å²) in [6, 6.07) is 6.80. The number of nitrogens with zero attached hydrogens (tertiary/aromatic N) is 1. The molecule has 0 amide bonds. The first-order valence-corrected chi connectivity index (χ1v) is 6.11. The third-order valence-electron chi connectivity index (χ3n) is 2.68. The monoisotopic (exact) mass is 305 g/mol. The number of aryl methyl sites for hydroxylation is 1. The van der Waals surface area contributed by atoms with E-state index in [9.17, 15) is 4.79 Å². The molecule has 0 fully saturated rings. The van der Waals surface area contributed by atoms with Gasteiger partial charge in [-0.05, 0) is 52.7 Å². The maximum absolute atomic E-state index is 12.4. The number of hydrogen-bond acceptors (Lipinski definition) is 4. The lowest BCUT2D eigenvalue weighted by molar-refractivity contribution is 0.103.